The molecule has 2 N–H and O–H groups in total. The van der Waals surface area contributed by atoms with Crippen LogP contribution >= 0.6 is 0 Å². The zero-order valence-corrected chi connectivity index (χ0v) is 13.7. The third-order valence-corrected chi connectivity index (χ3v) is 3.32. The maximum Gasteiger partial charge on any atom is 0.170 e. The van der Waals surface area contributed by atoms with E-state index in [1.54, 1.807) is 7.11 Å². The van der Waals surface area contributed by atoms with Gasteiger partial charge in [0, 0.05) is 5.56 Å². The van der Waals surface area contributed by atoms with Crippen LogP contribution in [0.3, 0.4) is 0 Å². The molecule has 0 heterocycles. The van der Waals surface area contributed by atoms with E-state index < -0.39 is 0 Å². The van der Waals surface area contributed by atoms with Crippen LogP contribution in [0.1, 0.15) is 16.7 Å². The molecule has 0 aliphatic rings. The van der Waals surface area contributed by atoms with Crippen molar-refractivity contribution in [2.24, 2.45) is 10.9 Å². The Hall–Kier alpha value is -2.69. The minimum Gasteiger partial charge on any atom is -0.497 e. The number of oxime groups is 1. The second-order valence-corrected chi connectivity index (χ2v) is 5.16. The van der Waals surface area contributed by atoms with Gasteiger partial charge in [-0.15, -0.1) is 0 Å². The Kier molecular flexibility index (Phi) is 5.86. The van der Waals surface area contributed by atoms with Gasteiger partial charge in [-0.3, -0.25) is 0 Å². The first kappa shape index (κ1) is 16.7. The molecule has 0 fully saturated rings. The molecular formula is C18H22N2O3. The summed E-state index contributed by atoms with van der Waals surface area (Å²) in [6.45, 7) is 4.77. The van der Waals surface area contributed by atoms with Crippen LogP contribution < -0.4 is 15.2 Å². The number of methoxy groups -OCH3 is 1. The van der Waals surface area contributed by atoms with Gasteiger partial charge in [0.1, 0.15) is 18.1 Å². The fraction of sp³-hybridized carbons (Fsp3) is 0.278. The van der Waals surface area contributed by atoms with E-state index in [0.29, 0.717) is 19.0 Å². The zero-order valence-electron chi connectivity index (χ0n) is 13.7. The van der Waals surface area contributed by atoms with Gasteiger partial charge in [-0.25, -0.2) is 0 Å². The van der Waals surface area contributed by atoms with Gasteiger partial charge in [-0.1, -0.05) is 17.3 Å². The van der Waals surface area contributed by atoms with E-state index in [2.05, 4.69) is 11.2 Å². The number of nitrogens with zero attached hydrogens (tertiary/aromatic N) is 1. The van der Waals surface area contributed by atoms with Crippen LogP contribution in [0, 0.1) is 13.8 Å². The van der Waals surface area contributed by atoms with Gasteiger partial charge in [-0.05, 0) is 55.3 Å². The maximum absolute atomic E-state index is 5.87. The topological polar surface area (TPSA) is 66.1 Å². The number of nitrogens with two attached hydrogens (primary N) is 1. The number of rotatable bonds is 7. The summed E-state index contributed by atoms with van der Waals surface area (Å²) in [4.78, 5) is 5.20. The third kappa shape index (κ3) is 4.92. The van der Waals surface area contributed by atoms with Gasteiger partial charge >= 0.3 is 0 Å². The fourth-order valence-corrected chi connectivity index (χ4v) is 1.98. The van der Waals surface area contributed by atoms with E-state index in [4.69, 9.17) is 20.0 Å². The van der Waals surface area contributed by atoms with Crippen molar-refractivity contribution in [3.05, 3.63) is 59.2 Å². The third-order valence-electron chi connectivity index (χ3n) is 3.32. The van der Waals surface area contributed by atoms with Gasteiger partial charge < -0.3 is 20.0 Å². The lowest BCUT2D eigenvalue weighted by molar-refractivity contribution is 0.107. The Morgan fingerprint density at radius 2 is 1.78 bits per heavy atom. The van der Waals surface area contributed by atoms with Gasteiger partial charge in [0.2, 0.25) is 0 Å². The lowest BCUT2D eigenvalue weighted by Crippen LogP contribution is -2.15. The molecule has 0 spiro atoms. The summed E-state index contributed by atoms with van der Waals surface area (Å²) in [7, 11) is 1.62. The van der Waals surface area contributed by atoms with Crippen molar-refractivity contribution in [3.63, 3.8) is 0 Å². The van der Waals surface area contributed by atoms with E-state index in [1.807, 2.05) is 50.2 Å². The number of amidine groups is 1. The number of ether oxygens (including phenoxy) is 2. The normalized spacial score (nSPS) is 11.2. The molecule has 0 aliphatic heterocycles. The molecule has 0 atom stereocenters. The summed E-state index contributed by atoms with van der Waals surface area (Å²) in [6.07, 6.45) is 0. The highest BCUT2D eigenvalue weighted by atomic mass is 16.6. The van der Waals surface area contributed by atoms with Gasteiger partial charge in [0.15, 0.2) is 12.4 Å². The molecule has 2 aromatic carbocycles. The van der Waals surface area contributed by atoms with Crippen LogP contribution in [-0.2, 0) is 4.84 Å². The highest BCUT2D eigenvalue weighted by Gasteiger charge is 2.01. The summed E-state index contributed by atoms with van der Waals surface area (Å²) in [5.74, 6) is 1.95. The average Bonchev–Trinajstić information content (AvgIpc) is 2.57. The summed E-state index contributed by atoms with van der Waals surface area (Å²) in [5.41, 5.74) is 8.90. The van der Waals surface area contributed by atoms with Crippen molar-refractivity contribution in [1.82, 2.24) is 0 Å². The van der Waals surface area contributed by atoms with E-state index in [-0.39, 0.29) is 0 Å². The van der Waals surface area contributed by atoms with E-state index in [0.717, 1.165) is 28.2 Å². The van der Waals surface area contributed by atoms with Crippen LogP contribution in [0.25, 0.3) is 0 Å². The SMILES string of the molecule is COc1ccc(/C(N)=N/OCCOc2cc(C)ccc2C)cc1. The van der Waals surface area contributed by atoms with E-state index in [1.165, 1.54) is 0 Å². The summed E-state index contributed by atoms with van der Waals surface area (Å²) < 4.78 is 10.8. The molecule has 2 rings (SSSR count). The van der Waals surface area contributed by atoms with Crippen LogP contribution in [-0.4, -0.2) is 26.2 Å². The number of aryl methyl sites for hydroxylation is 2. The van der Waals surface area contributed by atoms with Crippen molar-refractivity contribution in [2.45, 2.75) is 13.8 Å². The molecule has 5 nitrogen and oxygen atoms in total. The molecule has 0 saturated heterocycles. The average molecular weight is 314 g/mol. The Balaban J connectivity index is 1.80. The molecule has 2 aromatic rings. The molecule has 122 valence electrons. The number of hydrogen-bond donors (Lipinski definition) is 1. The monoisotopic (exact) mass is 314 g/mol. The lowest BCUT2D eigenvalue weighted by Gasteiger charge is -2.09. The second kappa shape index (κ2) is 8.08. The Morgan fingerprint density at radius 1 is 1.04 bits per heavy atom. The first-order chi connectivity index (χ1) is 11.1. The van der Waals surface area contributed by atoms with Gasteiger partial charge in [0.05, 0.1) is 7.11 Å². The van der Waals surface area contributed by atoms with Crippen molar-refractivity contribution < 1.29 is 14.3 Å². The molecular weight excluding hydrogens is 292 g/mol. The highest BCUT2D eigenvalue weighted by molar-refractivity contribution is 5.97. The lowest BCUT2D eigenvalue weighted by atomic mass is 10.1. The zero-order chi connectivity index (χ0) is 16.7. The molecule has 0 aromatic heterocycles. The summed E-state index contributed by atoms with van der Waals surface area (Å²) >= 11 is 0. The summed E-state index contributed by atoms with van der Waals surface area (Å²) in [6, 6.07) is 13.4. The largest absolute Gasteiger partial charge is 0.497 e. The van der Waals surface area contributed by atoms with E-state index in [9.17, 15) is 0 Å². The number of benzene rings is 2. The predicted octanol–water partition coefficient (Wildman–Crippen LogP) is 3.03. The van der Waals surface area contributed by atoms with Crippen molar-refractivity contribution in [1.29, 1.82) is 0 Å². The molecule has 0 unspecified atom stereocenters. The van der Waals surface area contributed by atoms with Crippen molar-refractivity contribution in [2.75, 3.05) is 20.3 Å². The Labute approximate surface area is 136 Å². The molecule has 23 heavy (non-hydrogen) atoms. The molecule has 0 saturated carbocycles. The molecule has 0 bridgehead atoms. The fourth-order valence-electron chi connectivity index (χ4n) is 1.98. The number of hydrogen-bond acceptors (Lipinski definition) is 4. The van der Waals surface area contributed by atoms with Gasteiger partial charge in [-0.2, -0.15) is 0 Å². The van der Waals surface area contributed by atoms with Crippen molar-refractivity contribution >= 4 is 5.84 Å². The standard InChI is InChI=1S/C18H22N2O3/c1-13-4-5-14(2)17(12-13)22-10-11-23-20-18(19)15-6-8-16(21-3)9-7-15/h4-9,12H,10-11H2,1-3H3,(H2,19,20). The minimum absolute atomic E-state index is 0.319. The minimum atomic E-state index is 0.319. The first-order valence-corrected chi connectivity index (χ1v) is 7.40. The Morgan fingerprint density at radius 3 is 2.48 bits per heavy atom. The molecule has 5 heteroatoms. The summed E-state index contributed by atoms with van der Waals surface area (Å²) in [5, 5.41) is 3.89. The maximum atomic E-state index is 5.87. The van der Waals surface area contributed by atoms with Crippen LogP contribution in [0.2, 0.25) is 0 Å². The molecule has 0 aliphatic carbocycles. The van der Waals surface area contributed by atoms with Crippen LogP contribution in [0.15, 0.2) is 47.6 Å². The van der Waals surface area contributed by atoms with Crippen LogP contribution in [0.4, 0.5) is 0 Å². The molecule has 0 radical (unpaired) electrons. The smallest absolute Gasteiger partial charge is 0.170 e. The van der Waals surface area contributed by atoms with Crippen molar-refractivity contribution in [3.8, 4) is 11.5 Å². The van der Waals surface area contributed by atoms with E-state index >= 15 is 0 Å². The van der Waals surface area contributed by atoms with Crippen LogP contribution in [0.5, 0.6) is 11.5 Å². The Bertz CT molecular complexity index is 666. The molecule has 0 amide bonds. The highest BCUT2D eigenvalue weighted by Crippen LogP contribution is 2.18. The quantitative estimate of drug-likeness (QED) is 0.369. The first-order valence-electron chi connectivity index (χ1n) is 7.40. The predicted molar refractivity (Wildman–Crippen MR) is 91.1 cm³/mol. The van der Waals surface area contributed by atoms with Gasteiger partial charge in [0.25, 0.3) is 0 Å². The second-order valence-electron chi connectivity index (χ2n) is 5.16.